The van der Waals surface area contributed by atoms with Crippen molar-refractivity contribution in [3.8, 4) is 0 Å². The van der Waals surface area contributed by atoms with Crippen LogP contribution in [0.4, 0.5) is 0 Å². The molecule has 0 aromatic heterocycles. The molecule has 20 atom stereocenters. The van der Waals surface area contributed by atoms with Gasteiger partial charge >= 0.3 is 11.9 Å². The van der Waals surface area contributed by atoms with Crippen molar-refractivity contribution in [2.24, 2.45) is 113 Å². The number of fused-ring (bicyclic) bond motifs is 14. The number of nitrogens with zero attached hydrogens (tertiary/aromatic N) is 2. The molecule has 0 bridgehead atoms. The van der Waals surface area contributed by atoms with Gasteiger partial charge in [-0.05, 0) is 245 Å². The third kappa shape index (κ3) is 9.49. The van der Waals surface area contributed by atoms with Crippen LogP contribution in [0.2, 0.25) is 0 Å². The molecule has 0 radical (unpaired) electrons. The Bertz CT molecular complexity index is 2210. The van der Waals surface area contributed by atoms with Crippen LogP contribution in [0.25, 0.3) is 0 Å². The molecule has 0 amide bonds. The highest BCUT2D eigenvalue weighted by atomic mass is 35.5. The average Bonchev–Trinajstić information content (AvgIpc) is 3.94. The highest BCUT2D eigenvalue weighted by Crippen LogP contribution is 2.80. The van der Waals surface area contributed by atoms with Gasteiger partial charge in [0.25, 0.3) is 0 Å². The van der Waals surface area contributed by atoms with Gasteiger partial charge in [0.1, 0.15) is 25.3 Å². The molecule has 0 aliphatic heterocycles. The molecular weight excluding hydrogens is 1040 g/mol. The first-order chi connectivity index (χ1) is 36.1. The van der Waals surface area contributed by atoms with E-state index in [4.69, 9.17) is 9.47 Å². The Balaban J connectivity index is 0.00000420. The van der Waals surface area contributed by atoms with Crippen molar-refractivity contribution in [2.75, 3.05) is 67.6 Å². The molecular formula is C70H118Cl2N2O6. The summed E-state index contributed by atoms with van der Waals surface area (Å²) in [4.78, 5) is 28.3. The molecule has 0 saturated heterocycles. The Kier molecular flexibility index (Phi) is 17.3. The number of quaternary nitrogens is 2. The molecule has 8 unspecified atom stereocenters. The summed E-state index contributed by atoms with van der Waals surface area (Å²) in [6.45, 7) is 42.1. The molecule has 0 aromatic carbocycles. The van der Waals surface area contributed by atoms with Gasteiger partial charge in [-0.2, -0.15) is 0 Å². The highest BCUT2D eigenvalue weighted by Gasteiger charge is 2.73. The van der Waals surface area contributed by atoms with Gasteiger partial charge < -0.3 is 53.5 Å². The second kappa shape index (κ2) is 21.3. The number of carbonyl (C=O) groups excluding carboxylic acids is 2. The minimum Gasteiger partial charge on any atom is -1.00 e. The summed E-state index contributed by atoms with van der Waals surface area (Å²) in [5, 5.41) is 22.0. The SMILES string of the molecule is C=C(C)[C@@H]1CC[C@@]2(CO)CC[C@]3(C)C(CCC4[C@@]5(C)CC[C@H](OC(=O)C[N+](C)(C)CC[N+](C)(C)CC(=O)O[C@H]6CC[C@@]7(C)C(CC[C@]8(C)C7CCC7C9[C@H](C(=C)C)CC[C@@]9(CO)CC[C@]78C)C6(C)C)C(C)(C)C5CC[C@]43C)C12.[Cl-].[Cl-]. The van der Waals surface area contributed by atoms with Gasteiger partial charge in [-0.15, -0.1) is 0 Å². The number of hydrogen-bond acceptors (Lipinski definition) is 6. The predicted octanol–water partition coefficient (Wildman–Crippen LogP) is 8.27. The van der Waals surface area contributed by atoms with Gasteiger partial charge in [0.05, 0.1) is 28.2 Å². The molecule has 10 aliphatic rings. The zero-order valence-electron chi connectivity index (χ0n) is 53.9. The molecule has 10 heteroatoms. The molecule has 80 heavy (non-hydrogen) atoms. The zero-order chi connectivity index (χ0) is 57.0. The standard InChI is InChI=1S/C70H118N2O6.2ClH/c1-45(2)47-23-33-69(43-73)37-35-65(11)49(59(47)69)19-21-53-63(9)29-27-55(61(5,6)51(63)25-31-67(53,65)13)77-57(75)41-71(15,16)39-40-72(17,18)42-58(76)78-56-28-30-64(10)52(62(56,7)8)26-32-68(14)54(64)22-20-50-60-48(46(3)4)24-34-70(60,44-74)38-36-66(50,68)12;;/h47-56,59-60,73-74H,1,3,19-44H2,2,4-18H3;2*1H/q+2;;/p-2/t47-,48-,49?,50?,51?,52?,53?,54?,55-,56-,59?,60?,63-,64-,65+,66+,67+,68+,69-,70-;;/m0../s1. The van der Waals surface area contributed by atoms with Crippen molar-refractivity contribution in [1.82, 2.24) is 0 Å². The summed E-state index contributed by atoms with van der Waals surface area (Å²) in [5.74, 6) is 5.53. The molecule has 8 nitrogen and oxygen atoms in total. The number of aliphatic hydroxyl groups is 2. The lowest BCUT2D eigenvalue weighted by molar-refractivity contribution is -0.939. The Hall–Kier alpha value is -1.16. The molecule has 2 N–H and O–H groups in total. The minimum absolute atomic E-state index is 0. The fraction of sp³-hybridized carbons (Fsp3) is 0.914. The Labute approximate surface area is 501 Å². The predicted molar refractivity (Wildman–Crippen MR) is 316 cm³/mol. The Morgan fingerprint density at radius 2 is 0.800 bits per heavy atom. The highest BCUT2D eigenvalue weighted by molar-refractivity contribution is 5.71. The van der Waals surface area contributed by atoms with E-state index in [-0.39, 0.29) is 103 Å². The van der Waals surface area contributed by atoms with Crippen molar-refractivity contribution < 1.29 is 63.1 Å². The van der Waals surface area contributed by atoms with Crippen LogP contribution in [0.15, 0.2) is 24.3 Å². The second-order valence-corrected chi connectivity index (χ2v) is 34.7. The van der Waals surface area contributed by atoms with E-state index in [0.717, 1.165) is 64.5 Å². The number of allylic oxidation sites excluding steroid dienone is 2. The molecule has 10 saturated carbocycles. The van der Waals surface area contributed by atoms with Gasteiger partial charge in [0, 0.05) is 24.0 Å². The summed E-state index contributed by atoms with van der Waals surface area (Å²) in [5.41, 5.74) is 3.96. The van der Waals surface area contributed by atoms with Crippen LogP contribution in [0.5, 0.6) is 0 Å². The van der Waals surface area contributed by atoms with Crippen molar-refractivity contribution >= 4 is 11.9 Å². The number of carbonyl (C=O) groups is 2. The molecule has 0 heterocycles. The number of hydrogen-bond donors (Lipinski definition) is 2. The summed E-state index contributed by atoms with van der Waals surface area (Å²) in [6, 6.07) is 0. The first-order valence-corrected chi connectivity index (χ1v) is 32.7. The Morgan fingerprint density at radius 1 is 0.450 bits per heavy atom. The smallest absolute Gasteiger partial charge is 0.362 e. The summed E-state index contributed by atoms with van der Waals surface area (Å²) >= 11 is 0. The lowest BCUT2D eigenvalue weighted by atomic mass is 9.32. The maximum absolute atomic E-state index is 14.2. The van der Waals surface area contributed by atoms with Crippen LogP contribution in [-0.4, -0.2) is 111 Å². The number of aliphatic hydroxyl groups excluding tert-OH is 2. The van der Waals surface area contributed by atoms with Gasteiger partial charge in [0.15, 0.2) is 13.1 Å². The van der Waals surface area contributed by atoms with Crippen molar-refractivity contribution in [3.63, 3.8) is 0 Å². The third-order valence-corrected chi connectivity index (χ3v) is 30.0. The van der Waals surface area contributed by atoms with Gasteiger partial charge in [-0.25, -0.2) is 9.59 Å². The number of esters is 2. The van der Waals surface area contributed by atoms with E-state index in [1.165, 1.54) is 88.2 Å². The molecule has 0 spiro atoms. The number of halogens is 2. The zero-order valence-corrected chi connectivity index (χ0v) is 55.4. The van der Waals surface area contributed by atoms with Gasteiger partial charge in [-0.3, -0.25) is 0 Å². The monoisotopic (exact) mass is 1150 g/mol. The van der Waals surface area contributed by atoms with Crippen molar-refractivity contribution in [3.05, 3.63) is 24.3 Å². The van der Waals surface area contributed by atoms with Crippen molar-refractivity contribution in [2.45, 2.75) is 224 Å². The van der Waals surface area contributed by atoms with E-state index >= 15 is 0 Å². The molecule has 10 aliphatic carbocycles. The summed E-state index contributed by atoms with van der Waals surface area (Å²) in [6.07, 6.45) is 23.3. The van der Waals surface area contributed by atoms with Crippen LogP contribution >= 0.6 is 0 Å². The lowest BCUT2D eigenvalue weighted by Crippen LogP contribution is -3.00. The minimum atomic E-state index is -0.122. The van der Waals surface area contributed by atoms with Crippen LogP contribution < -0.4 is 24.8 Å². The topological polar surface area (TPSA) is 93.1 Å². The van der Waals surface area contributed by atoms with Crippen molar-refractivity contribution in [1.29, 1.82) is 0 Å². The number of rotatable bonds is 13. The summed E-state index contributed by atoms with van der Waals surface area (Å²) in [7, 11) is 8.59. The number of ether oxygens (including phenoxy) is 2. The van der Waals surface area contributed by atoms with E-state index in [0.29, 0.717) is 94.4 Å². The first kappa shape index (κ1) is 64.8. The van der Waals surface area contributed by atoms with Gasteiger partial charge in [0.2, 0.25) is 0 Å². The largest absolute Gasteiger partial charge is 1.00 e. The maximum atomic E-state index is 14.2. The quantitative estimate of drug-likeness (QED) is 0.110. The van der Waals surface area contributed by atoms with Gasteiger partial charge in [-0.1, -0.05) is 93.5 Å². The fourth-order valence-corrected chi connectivity index (χ4v) is 25.3. The number of likely N-dealkylation sites (N-methyl/N-ethyl adjacent to an activating group) is 2. The van der Waals surface area contributed by atoms with Crippen LogP contribution in [0, 0.1) is 113 Å². The van der Waals surface area contributed by atoms with E-state index in [1.807, 2.05) is 0 Å². The molecule has 458 valence electrons. The Morgan fingerprint density at radius 3 is 1.12 bits per heavy atom. The van der Waals surface area contributed by atoms with E-state index < -0.39 is 0 Å². The summed E-state index contributed by atoms with van der Waals surface area (Å²) < 4.78 is 14.4. The third-order valence-electron chi connectivity index (χ3n) is 30.0. The average molecular weight is 1150 g/mol. The second-order valence-electron chi connectivity index (χ2n) is 34.7. The first-order valence-electron chi connectivity index (χ1n) is 32.7. The van der Waals surface area contributed by atoms with Crippen LogP contribution in [0.3, 0.4) is 0 Å². The van der Waals surface area contributed by atoms with Crippen LogP contribution in [0.1, 0.15) is 212 Å². The molecule has 10 rings (SSSR count). The normalized spacial score (nSPS) is 47.8. The fourth-order valence-electron chi connectivity index (χ4n) is 25.3. The maximum Gasteiger partial charge on any atom is 0.362 e. The van der Waals surface area contributed by atoms with E-state index in [2.05, 4.69) is 124 Å². The van der Waals surface area contributed by atoms with E-state index in [1.54, 1.807) is 0 Å². The lowest BCUT2D eigenvalue weighted by Gasteiger charge is -2.73. The van der Waals surface area contributed by atoms with E-state index in [9.17, 15) is 19.8 Å². The molecule has 10 fully saturated rings. The van der Waals surface area contributed by atoms with Crippen LogP contribution in [-0.2, 0) is 19.1 Å². The molecule has 0 aromatic rings.